The summed E-state index contributed by atoms with van der Waals surface area (Å²) in [5.41, 5.74) is 1.20. The molecule has 18 heavy (non-hydrogen) atoms. The SMILES string of the molecule is CC(=O)N(C1=C(C#N)C(S)NS1)c1ccccc1. The highest BCUT2D eigenvalue weighted by Crippen LogP contribution is 2.35. The average Bonchev–Trinajstić information content (AvgIpc) is 2.71. The van der Waals surface area contributed by atoms with Crippen LogP contribution < -0.4 is 9.62 Å². The Balaban J connectivity index is 2.48. The van der Waals surface area contributed by atoms with Crippen molar-refractivity contribution in [2.45, 2.75) is 12.3 Å². The zero-order valence-electron chi connectivity index (χ0n) is 9.62. The van der Waals surface area contributed by atoms with Crippen molar-refractivity contribution in [3.05, 3.63) is 40.9 Å². The van der Waals surface area contributed by atoms with E-state index in [1.807, 2.05) is 30.3 Å². The molecular weight excluding hydrogens is 266 g/mol. The van der Waals surface area contributed by atoms with Gasteiger partial charge in [-0.2, -0.15) is 17.9 Å². The molecule has 0 saturated heterocycles. The summed E-state index contributed by atoms with van der Waals surface area (Å²) in [7, 11) is 0. The molecule has 0 spiro atoms. The maximum Gasteiger partial charge on any atom is 0.228 e. The van der Waals surface area contributed by atoms with Gasteiger partial charge < -0.3 is 0 Å². The fourth-order valence-electron chi connectivity index (χ4n) is 1.64. The van der Waals surface area contributed by atoms with Crippen LogP contribution in [0.3, 0.4) is 0 Å². The molecule has 1 aromatic rings. The lowest BCUT2D eigenvalue weighted by molar-refractivity contribution is -0.116. The number of benzene rings is 1. The summed E-state index contributed by atoms with van der Waals surface area (Å²) in [6.45, 7) is 1.47. The minimum atomic E-state index is -0.347. The monoisotopic (exact) mass is 277 g/mol. The van der Waals surface area contributed by atoms with Crippen LogP contribution in [0.4, 0.5) is 5.69 Å². The maximum absolute atomic E-state index is 11.8. The fourth-order valence-corrected chi connectivity index (χ4v) is 3.00. The van der Waals surface area contributed by atoms with Gasteiger partial charge in [0.2, 0.25) is 5.91 Å². The lowest BCUT2D eigenvalue weighted by atomic mass is 10.2. The van der Waals surface area contributed by atoms with Gasteiger partial charge in [-0.3, -0.25) is 9.69 Å². The van der Waals surface area contributed by atoms with Crippen molar-refractivity contribution in [2.75, 3.05) is 4.90 Å². The number of nitrogens with zero attached hydrogens (tertiary/aromatic N) is 2. The molecule has 4 nitrogen and oxygen atoms in total. The first-order valence-corrected chi connectivity index (χ1v) is 6.59. The number of para-hydroxylation sites is 1. The molecule has 0 fully saturated rings. The predicted octanol–water partition coefficient (Wildman–Crippen LogP) is 2.28. The van der Waals surface area contributed by atoms with E-state index in [1.54, 1.807) is 0 Å². The Bertz CT molecular complexity index is 536. The Morgan fingerprint density at radius 1 is 1.50 bits per heavy atom. The molecule has 0 bridgehead atoms. The third-order valence-corrected chi connectivity index (χ3v) is 3.94. The summed E-state index contributed by atoms with van der Waals surface area (Å²) < 4.78 is 2.97. The minimum absolute atomic E-state index is 0.138. The first-order valence-electron chi connectivity index (χ1n) is 5.25. The van der Waals surface area contributed by atoms with Gasteiger partial charge in [-0.25, -0.2) is 4.72 Å². The second-order valence-corrected chi connectivity index (χ2v) is 4.99. The maximum atomic E-state index is 11.8. The number of hydrogen-bond donors (Lipinski definition) is 2. The van der Waals surface area contributed by atoms with Gasteiger partial charge in [-0.1, -0.05) is 18.2 Å². The standard InChI is InChI=1S/C12H11N3OS2/c1-8(16)15(9-5-3-2-4-6-9)12-10(7-13)11(17)14-18-12/h2-6,11,14,17H,1H3. The zero-order valence-corrected chi connectivity index (χ0v) is 11.3. The quantitative estimate of drug-likeness (QED) is 0.643. The molecule has 1 aliphatic rings. The number of hydrogen-bond acceptors (Lipinski definition) is 5. The Kier molecular flexibility index (Phi) is 3.97. The number of nitriles is 1. The number of amides is 1. The smallest absolute Gasteiger partial charge is 0.228 e. The lowest BCUT2D eigenvalue weighted by Crippen LogP contribution is -2.26. The average molecular weight is 277 g/mol. The van der Waals surface area contributed by atoms with Crippen LogP contribution in [-0.2, 0) is 4.79 Å². The van der Waals surface area contributed by atoms with Gasteiger partial charge in [-0.15, -0.1) is 0 Å². The van der Waals surface area contributed by atoms with E-state index in [0.29, 0.717) is 10.6 Å². The Morgan fingerprint density at radius 2 is 2.17 bits per heavy atom. The Labute approximate surface area is 115 Å². The van der Waals surface area contributed by atoms with E-state index >= 15 is 0 Å². The number of anilines is 1. The van der Waals surface area contributed by atoms with Gasteiger partial charge in [0, 0.05) is 12.6 Å². The first-order chi connectivity index (χ1) is 8.65. The fraction of sp³-hybridized carbons (Fsp3) is 0.167. The van der Waals surface area contributed by atoms with Gasteiger partial charge in [0.1, 0.15) is 11.1 Å². The van der Waals surface area contributed by atoms with Gasteiger partial charge in [0.15, 0.2) is 0 Å². The highest BCUT2D eigenvalue weighted by atomic mass is 32.2. The second kappa shape index (κ2) is 5.48. The molecule has 1 aromatic carbocycles. The van der Waals surface area contributed by atoms with Crippen LogP contribution in [0.2, 0.25) is 0 Å². The van der Waals surface area contributed by atoms with Crippen LogP contribution in [0.5, 0.6) is 0 Å². The van der Waals surface area contributed by atoms with E-state index in [2.05, 4.69) is 23.4 Å². The lowest BCUT2D eigenvalue weighted by Gasteiger charge is -2.21. The van der Waals surface area contributed by atoms with Crippen molar-refractivity contribution in [2.24, 2.45) is 0 Å². The van der Waals surface area contributed by atoms with Gasteiger partial charge in [-0.05, 0) is 24.1 Å². The van der Waals surface area contributed by atoms with E-state index in [4.69, 9.17) is 5.26 Å². The molecule has 0 aliphatic carbocycles. The molecular formula is C12H11N3OS2. The normalized spacial score (nSPS) is 18.6. The van der Waals surface area contributed by atoms with E-state index in [-0.39, 0.29) is 11.3 Å². The van der Waals surface area contributed by atoms with Gasteiger partial charge >= 0.3 is 0 Å². The third-order valence-electron chi connectivity index (χ3n) is 2.42. The number of rotatable bonds is 2. The second-order valence-electron chi connectivity index (χ2n) is 3.64. The molecule has 1 heterocycles. The van der Waals surface area contributed by atoms with Crippen LogP contribution in [0.25, 0.3) is 0 Å². The van der Waals surface area contributed by atoms with Crippen molar-refractivity contribution >= 4 is 36.2 Å². The number of carbonyl (C=O) groups excluding carboxylic acids is 1. The number of carbonyl (C=O) groups is 1. The zero-order chi connectivity index (χ0) is 13.1. The molecule has 1 N–H and O–H groups in total. The van der Waals surface area contributed by atoms with Crippen LogP contribution in [0.1, 0.15) is 6.92 Å². The Hall–Kier alpha value is -1.42. The van der Waals surface area contributed by atoms with Crippen molar-refractivity contribution < 1.29 is 4.79 Å². The molecule has 0 saturated carbocycles. The van der Waals surface area contributed by atoms with Gasteiger partial charge in [0.05, 0.1) is 10.9 Å². The van der Waals surface area contributed by atoms with Crippen molar-refractivity contribution in [1.82, 2.24) is 4.72 Å². The largest absolute Gasteiger partial charge is 0.274 e. The summed E-state index contributed by atoms with van der Waals surface area (Å²) in [6.07, 6.45) is 0. The van der Waals surface area contributed by atoms with E-state index in [1.165, 1.54) is 23.8 Å². The van der Waals surface area contributed by atoms with Crippen LogP contribution >= 0.6 is 24.6 Å². The molecule has 1 unspecified atom stereocenters. The summed E-state index contributed by atoms with van der Waals surface area (Å²) in [5, 5.41) is 9.38. The highest BCUT2D eigenvalue weighted by molar-refractivity contribution is 8.02. The van der Waals surface area contributed by atoms with Crippen LogP contribution in [0.15, 0.2) is 40.9 Å². The summed E-state index contributed by atoms with van der Waals surface area (Å²) >= 11 is 5.50. The summed E-state index contributed by atoms with van der Waals surface area (Å²) in [5.74, 6) is -0.138. The third kappa shape index (κ3) is 2.38. The number of thiol groups is 1. The molecule has 0 radical (unpaired) electrons. The van der Waals surface area contributed by atoms with Crippen molar-refractivity contribution in [1.29, 1.82) is 5.26 Å². The first kappa shape index (κ1) is 13.0. The van der Waals surface area contributed by atoms with E-state index < -0.39 is 0 Å². The van der Waals surface area contributed by atoms with Crippen LogP contribution in [0, 0.1) is 11.3 Å². The predicted molar refractivity (Wildman–Crippen MR) is 75.7 cm³/mol. The summed E-state index contributed by atoms with van der Waals surface area (Å²) in [4.78, 5) is 13.3. The molecule has 6 heteroatoms. The molecule has 92 valence electrons. The molecule has 1 amide bonds. The van der Waals surface area contributed by atoms with Crippen LogP contribution in [-0.4, -0.2) is 11.3 Å². The van der Waals surface area contributed by atoms with E-state index in [9.17, 15) is 4.79 Å². The topological polar surface area (TPSA) is 56.1 Å². The Morgan fingerprint density at radius 3 is 2.72 bits per heavy atom. The minimum Gasteiger partial charge on any atom is -0.274 e. The van der Waals surface area contributed by atoms with Gasteiger partial charge in [0.25, 0.3) is 0 Å². The molecule has 1 atom stereocenters. The summed E-state index contributed by atoms with van der Waals surface area (Å²) in [6, 6.07) is 11.3. The molecule has 1 aliphatic heterocycles. The molecule has 0 aromatic heterocycles. The molecule has 2 rings (SSSR count). The number of nitrogens with one attached hydrogen (secondary N) is 1. The van der Waals surface area contributed by atoms with Crippen molar-refractivity contribution in [3.63, 3.8) is 0 Å². The highest BCUT2D eigenvalue weighted by Gasteiger charge is 2.30. The van der Waals surface area contributed by atoms with Crippen molar-refractivity contribution in [3.8, 4) is 6.07 Å². The van der Waals surface area contributed by atoms with E-state index in [0.717, 1.165) is 5.69 Å².